The lowest BCUT2D eigenvalue weighted by Gasteiger charge is -2.30. The predicted molar refractivity (Wildman–Crippen MR) is 101 cm³/mol. The fraction of sp³-hybridized carbons (Fsp3) is 0.333. The summed E-state index contributed by atoms with van der Waals surface area (Å²) in [7, 11) is 0. The lowest BCUT2D eigenvalue weighted by molar-refractivity contribution is 0.0391. The Kier molecular flexibility index (Phi) is 6.37. The molecule has 0 aliphatic carbocycles. The van der Waals surface area contributed by atoms with Crippen molar-refractivity contribution in [2.75, 3.05) is 44.3 Å². The van der Waals surface area contributed by atoms with Crippen molar-refractivity contribution in [1.29, 1.82) is 5.26 Å². The van der Waals surface area contributed by atoms with E-state index in [-0.39, 0.29) is 5.91 Å². The Morgan fingerprint density at radius 1 is 1.12 bits per heavy atom. The van der Waals surface area contributed by atoms with E-state index in [0.29, 0.717) is 18.5 Å². The molecule has 3 rings (SSSR count). The fourth-order valence-corrected chi connectivity index (χ4v) is 3.08. The van der Waals surface area contributed by atoms with E-state index < -0.39 is 0 Å². The molecule has 1 fully saturated rings. The molecule has 2 aromatic rings. The van der Waals surface area contributed by atoms with Gasteiger partial charge in [-0.1, -0.05) is 30.3 Å². The van der Waals surface area contributed by atoms with Crippen LogP contribution >= 0.6 is 0 Å². The minimum atomic E-state index is -0.0377. The number of benzene rings is 2. The highest BCUT2D eigenvalue weighted by Gasteiger charge is 2.20. The van der Waals surface area contributed by atoms with E-state index in [1.807, 2.05) is 59.5 Å². The summed E-state index contributed by atoms with van der Waals surface area (Å²) in [5.41, 5.74) is 2.36. The summed E-state index contributed by atoms with van der Waals surface area (Å²) in [6, 6.07) is 19.2. The van der Waals surface area contributed by atoms with Gasteiger partial charge in [-0.15, -0.1) is 0 Å². The highest BCUT2D eigenvalue weighted by molar-refractivity contribution is 6.06. The van der Waals surface area contributed by atoms with E-state index >= 15 is 0 Å². The molecule has 2 aromatic carbocycles. The topological polar surface area (TPSA) is 56.6 Å². The normalized spacial score (nSPS) is 14.6. The molecule has 26 heavy (non-hydrogen) atoms. The second-order valence-corrected chi connectivity index (χ2v) is 6.28. The lowest BCUT2D eigenvalue weighted by Crippen LogP contribution is -2.43. The summed E-state index contributed by atoms with van der Waals surface area (Å²) in [4.78, 5) is 17.3. The van der Waals surface area contributed by atoms with Crippen LogP contribution in [0.1, 0.15) is 15.9 Å². The molecule has 0 bridgehead atoms. The van der Waals surface area contributed by atoms with Gasteiger partial charge in [0.05, 0.1) is 25.7 Å². The smallest absolute Gasteiger partial charge is 0.258 e. The Morgan fingerprint density at radius 2 is 1.88 bits per heavy atom. The third-order valence-electron chi connectivity index (χ3n) is 4.51. The number of morpholine rings is 1. The molecule has 1 amide bonds. The lowest BCUT2D eigenvalue weighted by atomic mass is 10.1. The van der Waals surface area contributed by atoms with Crippen LogP contribution in [0.4, 0.5) is 5.69 Å². The number of carbonyl (C=O) groups is 1. The molecule has 0 N–H and O–H groups in total. The zero-order chi connectivity index (χ0) is 18.2. The molecule has 1 heterocycles. The first kappa shape index (κ1) is 18.1. The summed E-state index contributed by atoms with van der Waals surface area (Å²) in [5, 5.41) is 8.90. The Balaban J connectivity index is 1.79. The SMILES string of the molecule is N#CCc1cccc(C(=O)N(CCN2CCOCC2)c2ccccc2)c1. The maximum atomic E-state index is 13.2. The van der Waals surface area contributed by atoms with E-state index in [4.69, 9.17) is 10.00 Å². The third-order valence-corrected chi connectivity index (χ3v) is 4.51. The summed E-state index contributed by atoms with van der Waals surface area (Å²) >= 11 is 0. The number of nitrogens with zero attached hydrogens (tertiary/aromatic N) is 3. The molecule has 0 unspecified atom stereocenters. The number of carbonyl (C=O) groups excluding carboxylic acids is 1. The average molecular weight is 349 g/mol. The van der Waals surface area contributed by atoms with Crippen molar-refractivity contribution in [3.05, 3.63) is 65.7 Å². The number of anilines is 1. The van der Waals surface area contributed by atoms with Crippen LogP contribution in [-0.2, 0) is 11.2 Å². The molecule has 1 aliphatic heterocycles. The molecule has 134 valence electrons. The fourth-order valence-electron chi connectivity index (χ4n) is 3.08. The summed E-state index contributed by atoms with van der Waals surface area (Å²) in [5.74, 6) is -0.0377. The van der Waals surface area contributed by atoms with E-state index in [9.17, 15) is 4.79 Å². The second kappa shape index (κ2) is 9.14. The van der Waals surface area contributed by atoms with Gasteiger partial charge in [-0.25, -0.2) is 0 Å². The van der Waals surface area contributed by atoms with Crippen LogP contribution in [0.3, 0.4) is 0 Å². The molecule has 0 aromatic heterocycles. The Morgan fingerprint density at radius 3 is 2.62 bits per heavy atom. The van der Waals surface area contributed by atoms with Crippen LogP contribution in [0.2, 0.25) is 0 Å². The summed E-state index contributed by atoms with van der Waals surface area (Å²) in [6.45, 7) is 4.71. The third kappa shape index (κ3) is 4.69. The van der Waals surface area contributed by atoms with Crippen molar-refractivity contribution < 1.29 is 9.53 Å². The standard InChI is InChI=1S/C21H23N3O2/c22-10-9-18-5-4-6-19(17-18)21(25)24(20-7-2-1-3-8-20)12-11-23-13-15-26-16-14-23/h1-8,17H,9,11-16H2. The Hall–Kier alpha value is -2.68. The van der Waals surface area contributed by atoms with Crippen LogP contribution in [0, 0.1) is 11.3 Å². The van der Waals surface area contributed by atoms with Crippen molar-refractivity contribution in [2.45, 2.75) is 6.42 Å². The molecule has 1 aliphatic rings. The quantitative estimate of drug-likeness (QED) is 0.805. The molecule has 5 nitrogen and oxygen atoms in total. The maximum absolute atomic E-state index is 13.2. The van der Waals surface area contributed by atoms with Gasteiger partial charge >= 0.3 is 0 Å². The van der Waals surface area contributed by atoms with Crippen LogP contribution in [-0.4, -0.2) is 50.2 Å². The molecule has 5 heteroatoms. The number of amides is 1. The molecule has 0 atom stereocenters. The van der Waals surface area contributed by atoms with Crippen molar-refractivity contribution in [1.82, 2.24) is 4.90 Å². The zero-order valence-corrected chi connectivity index (χ0v) is 14.8. The molecule has 1 saturated heterocycles. The van der Waals surface area contributed by atoms with E-state index in [2.05, 4.69) is 11.0 Å². The average Bonchev–Trinajstić information content (AvgIpc) is 2.70. The van der Waals surface area contributed by atoms with Gasteiger partial charge in [0.15, 0.2) is 0 Å². The van der Waals surface area contributed by atoms with Crippen LogP contribution in [0.15, 0.2) is 54.6 Å². The second-order valence-electron chi connectivity index (χ2n) is 6.28. The molecule has 0 saturated carbocycles. The highest BCUT2D eigenvalue weighted by atomic mass is 16.5. The first-order valence-corrected chi connectivity index (χ1v) is 8.91. The number of ether oxygens (including phenoxy) is 1. The summed E-state index contributed by atoms with van der Waals surface area (Å²) in [6.07, 6.45) is 0.306. The van der Waals surface area contributed by atoms with Gasteiger partial charge < -0.3 is 9.64 Å². The minimum absolute atomic E-state index is 0.0377. The van der Waals surface area contributed by atoms with Crippen molar-refractivity contribution in [3.63, 3.8) is 0 Å². The first-order chi connectivity index (χ1) is 12.8. The molecular weight excluding hydrogens is 326 g/mol. The number of hydrogen-bond donors (Lipinski definition) is 0. The first-order valence-electron chi connectivity index (χ1n) is 8.91. The molecule has 0 spiro atoms. The zero-order valence-electron chi connectivity index (χ0n) is 14.8. The van der Waals surface area contributed by atoms with Crippen LogP contribution < -0.4 is 4.90 Å². The Labute approximate surface area is 154 Å². The van der Waals surface area contributed by atoms with E-state index in [1.54, 1.807) is 0 Å². The predicted octanol–water partition coefficient (Wildman–Crippen LogP) is 2.73. The van der Waals surface area contributed by atoms with Gasteiger partial charge in [-0.05, 0) is 29.8 Å². The number of rotatable bonds is 6. The number of hydrogen-bond acceptors (Lipinski definition) is 4. The summed E-state index contributed by atoms with van der Waals surface area (Å²) < 4.78 is 5.40. The largest absolute Gasteiger partial charge is 0.379 e. The van der Waals surface area contributed by atoms with Crippen molar-refractivity contribution in [2.24, 2.45) is 0 Å². The van der Waals surface area contributed by atoms with Crippen LogP contribution in [0.25, 0.3) is 0 Å². The van der Waals surface area contributed by atoms with Crippen molar-refractivity contribution in [3.8, 4) is 6.07 Å². The monoisotopic (exact) mass is 349 g/mol. The molecular formula is C21H23N3O2. The van der Waals surface area contributed by atoms with Gasteiger partial charge in [-0.3, -0.25) is 9.69 Å². The van der Waals surface area contributed by atoms with Gasteiger partial charge in [0.2, 0.25) is 0 Å². The van der Waals surface area contributed by atoms with Gasteiger partial charge in [0.25, 0.3) is 5.91 Å². The van der Waals surface area contributed by atoms with Crippen molar-refractivity contribution >= 4 is 11.6 Å². The van der Waals surface area contributed by atoms with Gasteiger partial charge in [0, 0.05) is 37.4 Å². The van der Waals surface area contributed by atoms with E-state index in [0.717, 1.165) is 44.1 Å². The maximum Gasteiger partial charge on any atom is 0.258 e. The van der Waals surface area contributed by atoms with Gasteiger partial charge in [-0.2, -0.15) is 5.26 Å². The number of para-hydroxylation sites is 1. The van der Waals surface area contributed by atoms with Gasteiger partial charge in [0.1, 0.15) is 0 Å². The van der Waals surface area contributed by atoms with Crippen LogP contribution in [0.5, 0.6) is 0 Å². The molecule has 0 radical (unpaired) electrons. The highest BCUT2D eigenvalue weighted by Crippen LogP contribution is 2.18. The van der Waals surface area contributed by atoms with E-state index in [1.165, 1.54) is 0 Å². The Bertz CT molecular complexity index is 764. The minimum Gasteiger partial charge on any atom is -0.379 e. The number of nitriles is 1.